The van der Waals surface area contributed by atoms with Crippen molar-refractivity contribution in [2.75, 3.05) is 25.0 Å². The predicted octanol–water partition coefficient (Wildman–Crippen LogP) is 2.83. The highest BCUT2D eigenvalue weighted by atomic mass is 35.5. The number of aromatic nitrogens is 1. The first kappa shape index (κ1) is 18.3. The van der Waals surface area contributed by atoms with Gasteiger partial charge in [0.15, 0.2) is 5.11 Å². The van der Waals surface area contributed by atoms with Crippen molar-refractivity contribution >= 4 is 57.3 Å². The molecule has 2 aromatic rings. The van der Waals surface area contributed by atoms with Crippen molar-refractivity contribution in [2.24, 2.45) is 0 Å². The fourth-order valence-electron chi connectivity index (χ4n) is 2.77. The molecule has 3 rings (SSSR count). The lowest BCUT2D eigenvalue weighted by Crippen LogP contribution is -2.34. The minimum atomic E-state index is -0.597. The average Bonchev–Trinajstić information content (AvgIpc) is 2.83. The van der Waals surface area contributed by atoms with Gasteiger partial charge in [-0.2, -0.15) is 0 Å². The van der Waals surface area contributed by atoms with Gasteiger partial charge in [-0.1, -0.05) is 17.7 Å². The largest absolute Gasteiger partial charge is 0.384 e. The summed E-state index contributed by atoms with van der Waals surface area (Å²) in [6.45, 7) is 4.80. The van der Waals surface area contributed by atoms with E-state index in [1.807, 2.05) is 24.3 Å². The maximum Gasteiger partial charge on any atom is 0.319 e. The van der Waals surface area contributed by atoms with E-state index in [1.165, 1.54) is 9.80 Å². The van der Waals surface area contributed by atoms with E-state index in [0.717, 1.165) is 16.6 Å². The van der Waals surface area contributed by atoms with E-state index in [2.05, 4.69) is 16.9 Å². The molecule has 0 saturated carbocycles. The van der Waals surface area contributed by atoms with Gasteiger partial charge in [-0.15, -0.1) is 6.58 Å². The molecule has 1 aromatic heterocycles. The molecule has 1 aliphatic heterocycles. The van der Waals surface area contributed by atoms with E-state index in [1.54, 1.807) is 12.3 Å². The summed E-state index contributed by atoms with van der Waals surface area (Å²) in [6.07, 6.45) is 3.90. The zero-order valence-electron chi connectivity index (χ0n) is 13.9. The first-order valence-electron chi connectivity index (χ1n) is 8.09. The summed E-state index contributed by atoms with van der Waals surface area (Å²) in [5, 5.41) is 5.17. The summed E-state index contributed by atoms with van der Waals surface area (Å²) in [5.41, 5.74) is 1.75. The second kappa shape index (κ2) is 7.80. The monoisotopic (exact) mass is 388 g/mol. The minimum Gasteiger partial charge on any atom is -0.384 e. The number of anilines is 1. The Hall–Kier alpha value is -2.51. The number of thiocarbonyl (C=S) groups is 1. The molecule has 0 bridgehead atoms. The third-order valence-corrected chi connectivity index (χ3v) is 4.70. The molecular formula is C18H17ClN4O2S. The molecule has 1 N–H and O–H groups in total. The molecule has 6 nitrogen and oxygen atoms in total. The van der Waals surface area contributed by atoms with Crippen molar-refractivity contribution in [3.8, 4) is 0 Å². The van der Waals surface area contributed by atoms with Gasteiger partial charge in [-0.05, 0) is 42.9 Å². The molecule has 0 unspecified atom stereocenters. The first-order chi connectivity index (χ1) is 12.5. The summed E-state index contributed by atoms with van der Waals surface area (Å²) < 4.78 is 0. The van der Waals surface area contributed by atoms with Gasteiger partial charge in [0.1, 0.15) is 0 Å². The van der Waals surface area contributed by atoms with Crippen molar-refractivity contribution < 1.29 is 9.59 Å². The second-order valence-corrected chi connectivity index (χ2v) is 6.55. The van der Waals surface area contributed by atoms with Crippen LogP contribution in [0.3, 0.4) is 0 Å². The Morgan fingerprint density at radius 3 is 2.77 bits per heavy atom. The molecule has 134 valence electrons. The van der Waals surface area contributed by atoms with Crippen molar-refractivity contribution in [2.45, 2.75) is 6.42 Å². The highest BCUT2D eigenvalue weighted by Gasteiger charge is 2.40. The molecule has 26 heavy (non-hydrogen) atoms. The Kier molecular flexibility index (Phi) is 5.49. The van der Waals surface area contributed by atoms with Gasteiger partial charge in [0.05, 0.1) is 5.52 Å². The van der Waals surface area contributed by atoms with Crippen LogP contribution in [-0.2, 0) is 9.59 Å². The van der Waals surface area contributed by atoms with Crippen molar-refractivity contribution in [1.29, 1.82) is 0 Å². The highest BCUT2D eigenvalue weighted by Crippen LogP contribution is 2.24. The molecule has 0 spiro atoms. The number of benzene rings is 1. The summed E-state index contributed by atoms with van der Waals surface area (Å²) in [7, 11) is 0. The number of carbonyl (C=O) groups is 2. The molecule has 0 aliphatic carbocycles. The van der Waals surface area contributed by atoms with Gasteiger partial charge in [0.2, 0.25) is 0 Å². The predicted molar refractivity (Wildman–Crippen MR) is 106 cm³/mol. The smallest absolute Gasteiger partial charge is 0.319 e. The molecule has 0 atom stereocenters. The SMILES string of the molecule is C=CCN1C(=O)C(=O)N(CCCNc2ccnc3cc(Cl)ccc23)C1=S. The van der Waals surface area contributed by atoms with Crippen LogP contribution in [0, 0.1) is 0 Å². The Morgan fingerprint density at radius 2 is 2.00 bits per heavy atom. The number of hydrogen-bond donors (Lipinski definition) is 1. The fourth-order valence-corrected chi connectivity index (χ4v) is 3.27. The number of nitrogens with zero attached hydrogens (tertiary/aromatic N) is 3. The summed E-state index contributed by atoms with van der Waals surface area (Å²) in [5.74, 6) is -1.18. The molecule has 2 heterocycles. The van der Waals surface area contributed by atoms with Crippen LogP contribution in [-0.4, -0.2) is 51.3 Å². The molecule has 2 amide bonds. The summed E-state index contributed by atoms with van der Waals surface area (Å²) >= 11 is 11.2. The number of halogens is 1. The number of pyridine rings is 1. The van der Waals surface area contributed by atoms with Gasteiger partial charge in [-0.25, -0.2) is 0 Å². The summed E-state index contributed by atoms with van der Waals surface area (Å²) in [6, 6.07) is 7.43. The number of amides is 2. The Labute approximate surface area is 161 Å². The van der Waals surface area contributed by atoms with Crippen LogP contribution in [0.2, 0.25) is 5.02 Å². The van der Waals surface area contributed by atoms with Crippen LogP contribution in [0.1, 0.15) is 6.42 Å². The minimum absolute atomic E-state index is 0.240. The van der Waals surface area contributed by atoms with Crippen LogP contribution in [0.25, 0.3) is 10.9 Å². The molecule has 1 aromatic carbocycles. The van der Waals surface area contributed by atoms with Crippen molar-refractivity contribution in [3.63, 3.8) is 0 Å². The number of rotatable bonds is 7. The van der Waals surface area contributed by atoms with Gasteiger partial charge in [0.25, 0.3) is 0 Å². The second-order valence-electron chi connectivity index (χ2n) is 5.74. The van der Waals surface area contributed by atoms with Gasteiger partial charge < -0.3 is 5.32 Å². The van der Waals surface area contributed by atoms with E-state index in [-0.39, 0.29) is 11.7 Å². The van der Waals surface area contributed by atoms with Gasteiger partial charge in [0, 0.05) is 41.9 Å². The lowest BCUT2D eigenvalue weighted by Gasteiger charge is -2.17. The molecule has 1 fully saturated rings. The zero-order chi connectivity index (χ0) is 18.7. The maximum atomic E-state index is 12.0. The quantitative estimate of drug-likeness (QED) is 0.342. The van der Waals surface area contributed by atoms with E-state index >= 15 is 0 Å². The standard InChI is InChI=1S/C18H17ClN4O2S/c1-2-9-22-16(24)17(25)23(18(22)26)10-3-7-20-14-6-8-21-15-11-12(19)4-5-13(14)15/h2,4-6,8,11H,1,3,7,9-10H2,(H,20,21). The fraction of sp³-hybridized carbons (Fsp3) is 0.222. The Morgan fingerprint density at radius 1 is 1.23 bits per heavy atom. The van der Waals surface area contributed by atoms with Crippen LogP contribution >= 0.6 is 23.8 Å². The number of carbonyl (C=O) groups excluding carboxylic acids is 2. The maximum absolute atomic E-state index is 12.0. The topological polar surface area (TPSA) is 65.5 Å². The molecule has 1 saturated heterocycles. The highest BCUT2D eigenvalue weighted by molar-refractivity contribution is 7.80. The van der Waals surface area contributed by atoms with Crippen molar-refractivity contribution in [3.05, 3.63) is 48.1 Å². The van der Waals surface area contributed by atoms with Crippen LogP contribution in [0.4, 0.5) is 5.69 Å². The average molecular weight is 389 g/mol. The molecule has 1 aliphatic rings. The van der Waals surface area contributed by atoms with E-state index < -0.39 is 11.8 Å². The van der Waals surface area contributed by atoms with E-state index in [0.29, 0.717) is 24.5 Å². The molecular weight excluding hydrogens is 372 g/mol. The van der Waals surface area contributed by atoms with Crippen LogP contribution in [0.5, 0.6) is 0 Å². The van der Waals surface area contributed by atoms with E-state index in [4.69, 9.17) is 23.8 Å². The Bertz CT molecular complexity index is 902. The van der Waals surface area contributed by atoms with Gasteiger partial charge >= 0.3 is 11.8 Å². The van der Waals surface area contributed by atoms with Crippen LogP contribution in [0.15, 0.2) is 43.1 Å². The lowest BCUT2D eigenvalue weighted by atomic mass is 10.2. The van der Waals surface area contributed by atoms with Crippen LogP contribution < -0.4 is 5.32 Å². The normalized spacial score (nSPS) is 14.4. The van der Waals surface area contributed by atoms with Gasteiger partial charge in [-0.3, -0.25) is 24.4 Å². The number of hydrogen-bond acceptors (Lipinski definition) is 5. The Balaban J connectivity index is 1.60. The molecule has 8 heteroatoms. The van der Waals surface area contributed by atoms with Crippen molar-refractivity contribution in [1.82, 2.24) is 14.8 Å². The first-order valence-corrected chi connectivity index (χ1v) is 8.88. The number of nitrogens with one attached hydrogen (secondary N) is 1. The summed E-state index contributed by atoms with van der Waals surface area (Å²) in [4.78, 5) is 30.9. The third kappa shape index (κ3) is 3.54. The zero-order valence-corrected chi connectivity index (χ0v) is 15.5. The number of fused-ring (bicyclic) bond motifs is 1. The molecule has 0 radical (unpaired) electrons. The van der Waals surface area contributed by atoms with E-state index in [9.17, 15) is 9.59 Å². The lowest BCUT2D eigenvalue weighted by molar-refractivity contribution is -0.143. The third-order valence-electron chi connectivity index (χ3n) is 4.03.